The molecule has 1 rings (SSSR count). The van der Waals surface area contributed by atoms with E-state index >= 15 is 0 Å². The molecule has 0 radical (unpaired) electrons. The first-order valence-corrected chi connectivity index (χ1v) is 7.21. The normalized spacial score (nSPS) is 11.4. The molecule has 6 nitrogen and oxygen atoms in total. The van der Waals surface area contributed by atoms with Crippen molar-refractivity contribution in [2.75, 3.05) is 23.8 Å². The first-order valence-electron chi connectivity index (χ1n) is 5.22. The van der Waals surface area contributed by atoms with Gasteiger partial charge in [-0.15, -0.1) is 0 Å². The third-order valence-electron chi connectivity index (χ3n) is 2.18. The molecule has 0 bridgehead atoms. The highest BCUT2D eigenvalue weighted by Gasteiger charge is 2.06. The summed E-state index contributed by atoms with van der Waals surface area (Å²) in [4.78, 5) is 0. The molecule has 0 aliphatic rings. The number of hydrogen-bond acceptors (Lipinski definition) is 5. The number of halogens is 1. The van der Waals surface area contributed by atoms with Crippen molar-refractivity contribution < 1.29 is 17.7 Å². The molecule has 1 aromatic rings. The van der Waals surface area contributed by atoms with Crippen LogP contribution in [0.15, 0.2) is 12.1 Å². The Kier molecular flexibility index (Phi) is 5.06. The maximum absolute atomic E-state index is 10.5. The van der Waals surface area contributed by atoms with Gasteiger partial charge in [0.25, 0.3) is 10.1 Å². The van der Waals surface area contributed by atoms with Gasteiger partial charge in [-0.1, -0.05) is 11.6 Å². The number of nitrogen functional groups attached to an aromatic ring is 2. The van der Waals surface area contributed by atoms with Gasteiger partial charge in [0.05, 0.1) is 28.8 Å². The Bertz CT molecular complexity index is 519. The Hall–Kier alpha value is -1.18. The zero-order chi connectivity index (χ0) is 13.8. The SMILES string of the molecule is Nc1cc(OCCCCS(=O)(=O)O)c(N)cc1Cl. The third-order valence-corrected chi connectivity index (χ3v) is 3.32. The second kappa shape index (κ2) is 6.12. The van der Waals surface area contributed by atoms with E-state index in [1.54, 1.807) is 0 Å². The quantitative estimate of drug-likeness (QED) is 0.416. The lowest BCUT2D eigenvalue weighted by Crippen LogP contribution is -2.07. The average Bonchev–Trinajstić information content (AvgIpc) is 2.23. The number of ether oxygens (including phenoxy) is 1. The van der Waals surface area contributed by atoms with Gasteiger partial charge < -0.3 is 16.2 Å². The monoisotopic (exact) mass is 294 g/mol. The van der Waals surface area contributed by atoms with Crippen LogP contribution < -0.4 is 16.2 Å². The van der Waals surface area contributed by atoms with Gasteiger partial charge in [0.1, 0.15) is 5.75 Å². The Morgan fingerprint density at radius 1 is 1.22 bits per heavy atom. The van der Waals surface area contributed by atoms with Crippen molar-refractivity contribution in [3.8, 4) is 5.75 Å². The van der Waals surface area contributed by atoms with E-state index in [-0.39, 0.29) is 12.4 Å². The molecular weight excluding hydrogens is 280 g/mol. The zero-order valence-corrected chi connectivity index (χ0v) is 11.2. The van der Waals surface area contributed by atoms with Gasteiger partial charge in [-0.3, -0.25) is 4.55 Å². The van der Waals surface area contributed by atoms with Gasteiger partial charge in [0, 0.05) is 6.07 Å². The summed E-state index contributed by atoms with van der Waals surface area (Å²) in [6, 6.07) is 3.00. The van der Waals surface area contributed by atoms with Crippen LogP contribution in [0.3, 0.4) is 0 Å². The third kappa shape index (κ3) is 4.99. The maximum Gasteiger partial charge on any atom is 0.264 e. The molecule has 0 saturated carbocycles. The number of rotatable bonds is 6. The summed E-state index contributed by atoms with van der Waals surface area (Å²) < 4.78 is 34.8. The topological polar surface area (TPSA) is 116 Å². The van der Waals surface area contributed by atoms with Gasteiger partial charge in [-0.05, 0) is 18.9 Å². The molecule has 0 amide bonds. The van der Waals surface area contributed by atoms with Crippen molar-refractivity contribution in [3.05, 3.63) is 17.2 Å². The molecule has 5 N–H and O–H groups in total. The van der Waals surface area contributed by atoms with Crippen LogP contribution in [-0.4, -0.2) is 25.3 Å². The predicted molar refractivity (Wildman–Crippen MR) is 71.4 cm³/mol. The van der Waals surface area contributed by atoms with E-state index in [1.165, 1.54) is 12.1 Å². The van der Waals surface area contributed by atoms with E-state index in [9.17, 15) is 8.42 Å². The molecule has 0 aromatic heterocycles. The Balaban J connectivity index is 2.43. The molecular formula is C10H15ClN2O4S. The summed E-state index contributed by atoms with van der Waals surface area (Å²) in [6.45, 7) is 0.279. The van der Waals surface area contributed by atoms with Crippen molar-refractivity contribution in [1.29, 1.82) is 0 Å². The average molecular weight is 295 g/mol. The molecule has 0 aliphatic heterocycles. The molecule has 0 aliphatic carbocycles. The molecule has 0 heterocycles. The summed E-state index contributed by atoms with van der Waals surface area (Å²) in [6.07, 6.45) is 0.781. The maximum atomic E-state index is 10.5. The second-order valence-corrected chi connectivity index (χ2v) is 5.73. The number of unbranched alkanes of at least 4 members (excludes halogenated alkanes) is 1. The number of anilines is 2. The minimum Gasteiger partial charge on any atom is -0.491 e. The fourth-order valence-corrected chi connectivity index (χ4v) is 2.02. The van der Waals surface area contributed by atoms with Gasteiger partial charge >= 0.3 is 0 Å². The zero-order valence-electron chi connectivity index (χ0n) is 9.60. The van der Waals surface area contributed by atoms with E-state index in [2.05, 4.69) is 0 Å². The second-order valence-electron chi connectivity index (χ2n) is 3.75. The summed E-state index contributed by atoms with van der Waals surface area (Å²) in [5, 5.41) is 0.353. The van der Waals surface area contributed by atoms with Crippen LogP contribution in [0, 0.1) is 0 Å². The smallest absolute Gasteiger partial charge is 0.264 e. The Morgan fingerprint density at radius 3 is 2.50 bits per heavy atom. The molecule has 0 atom stereocenters. The van der Waals surface area contributed by atoms with Crippen LogP contribution in [0.4, 0.5) is 11.4 Å². The number of hydrogen-bond donors (Lipinski definition) is 3. The Labute approximate surface area is 111 Å². The first-order chi connectivity index (χ1) is 8.29. The van der Waals surface area contributed by atoms with Crippen LogP contribution in [0.5, 0.6) is 5.75 Å². The van der Waals surface area contributed by atoms with Crippen LogP contribution in [0.25, 0.3) is 0 Å². The fraction of sp³-hybridized carbons (Fsp3) is 0.400. The number of benzene rings is 1. The number of nitrogens with two attached hydrogens (primary N) is 2. The van der Waals surface area contributed by atoms with Crippen LogP contribution in [-0.2, 0) is 10.1 Å². The van der Waals surface area contributed by atoms with E-state index < -0.39 is 10.1 Å². The van der Waals surface area contributed by atoms with Crippen molar-refractivity contribution >= 4 is 33.1 Å². The lowest BCUT2D eigenvalue weighted by molar-refractivity contribution is 0.311. The molecule has 18 heavy (non-hydrogen) atoms. The van der Waals surface area contributed by atoms with E-state index in [0.29, 0.717) is 35.0 Å². The summed E-state index contributed by atoms with van der Waals surface area (Å²) >= 11 is 5.76. The van der Waals surface area contributed by atoms with Gasteiger partial charge in [0.2, 0.25) is 0 Å². The summed E-state index contributed by atoms with van der Waals surface area (Å²) in [7, 11) is -3.91. The lowest BCUT2D eigenvalue weighted by Gasteiger charge is -2.10. The van der Waals surface area contributed by atoms with E-state index in [4.69, 9.17) is 32.4 Å². The highest BCUT2D eigenvalue weighted by molar-refractivity contribution is 7.85. The minimum absolute atomic E-state index is 0.279. The molecule has 0 saturated heterocycles. The standard InChI is InChI=1S/C10H15ClN2O4S/c11-7-5-9(13)10(6-8(7)12)17-3-1-2-4-18(14,15)16/h5-6H,1-4,12-13H2,(H,14,15,16). The van der Waals surface area contributed by atoms with Crippen LogP contribution in [0.2, 0.25) is 5.02 Å². The Morgan fingerprint density at radius 2 is 1.89 bits per heavy atom. The van der Waals surface area contributed by atoms with Gasteiger partial charge in [-0.25, -0.2) is 0 Å². The molecule has 0 spiro atoms. The van der Waals surface area contributed by atoms with Crippen molar-refractivity contribution in [3.63, 3.8) is 0 Å². The summed E-state index contributed by atoms with van der Waals surface area (Å²) in [5.74, 6) is 0.123. The van der Waals surface area contributed by atoms with Gasteiger partial charge in [-0.2, -0.15) is 8.42 Å². The van der Waals surface area contributed by atoms with Crippen molar-refractivity contribution in [1.82, 2.24) is 0 Å². The van der Waals surface area contributed by atoms with E-state index in [0.717, 1.165) is 0 Å². The fourth-order valence-electron chi connectivity index (χ4n) is 1.28. The predicted octanol–water partition coefficient (Wildman–Crippen LogP) is 1.55. The highest BCUT2D eigenvalue weighted by Crippen LogP contribution is 2.30. The van der Waals surface area contributed by atoms with Crippen molar-refractivity contribution in [2.24, 2.45) is 0 Å². The molecule has 0 fully saturated rings. The first kappa shape index (κ1) is 14.9. The van der Waals surface area contributed by atoms with Crippen LogP contribution in [0.1, 0.15) is 12.8 Å². The molecule has 8 heteroatoms. The highest BCUT2D eigenvalue weighted by atomic mass is 35.5. The van der Waals surface area contributed by atoms with E-state index in [1.807, 2.05) is 0 Å². The lowest BCUT2D eigenvalue weighted by atomic mass is 10.2. The molecule has 102 valence electrons. The largest absolute Gasteiger partial charge is 0.491 e. The van der Waals surface area contributed by atoms with Gasteiger partial charge in [0.15, 0.2) is 0 Å². The molecule has 0 unspecified atom stereocenters. The summed E-state index contributed by atoms with van der Waals surface area (Å²) in [5.41, 5.74) is 12.0. The van der Waals surface area contributed by atoms with Crippen LogP contribution >= 0.6 is 11.6 Å². The minimum atomic E-state index is -3.91. The van der Waals surface area contributed by atoms with Crippen molar-refractivity contribution in [2.45, 2.75) is 12.8 Å². The molecule has 1 aromatic carbocycles.